The van der Waals surface area contributed by atoms with Gasteiger partial charge in [-0.05, 0) is 30.7 Å². The van der Waals surface area contributed by atoms with E-state index in [1.165, 1.54) is 19.3 Å². The van der Waals surface area contributed by atoms with Crippen molar-refractivity contribution >= 4 is 16.6 Å². The van der Waals surface area contributed by atoms with Gasteiger partial charge in [-0.15, -0.1) is 0 Å². The van der Waals surface area contributed by atoms with Gasteiger partial charge >= 0.3 is 0 Å². The third-order valence-electron chi connectivity index (χ3n) is 4.27. The van der Waals surface area contributed by atoms with E-state index in [0.717, 1.165) is 35.0 Å². The molecule has 3 nitrogen and oxygen atoms in total. The Morgan fingerprint density at radius 2 is 2.20 bits per heavy atom. The van der Waals surface area contributed by atoms with Gasteiger partial charge in [0.25, 0.3) is 0 Å². The number of benzene rings is 1. The largest absolute Gasteiger partial charge is 0.383 e. The molecule has 0 aliphatic heterocycles. The predicted molar refractivity (Wildman–Crippen MR) is 81.5 cm³/mol. The molecule has 1 aromatic heterocycles. The molecule has 0 radical (unpaired) electrons. The van der Waals surface area contributed by atoms with Gasteiger partial charge in [0.05, 0.1) is 16.8 Å². The zero-order valence-corrected chi connectivity index (χ0v) is 11.8. The van der Waals surface area contributed by atoms with Crippen LogP contribution >= 0.6 is 0 Å². The molecule has 1 saturated carbocycles. The van der Waals surface area contributed by atoms with Crippen LogP contribution in [-0.2, 0) is 0 Å². The Morgan fingerprint density at radius 3 is 2.95 bits per heavy atom. The zero-order valence-electron chi connectivity index (χ0n) is 11.8. The SMILES string of the molecule is CC1CCC(CNc2c(C#N)cnc3ccccc23)C1. The molecule has 1 aliphatic carbocycles. The van der Waals surface area contributed by atoms with E-state index in [9.17, 15) is 5.26 Å². The molecule has 2 unspecified atom stereocenters. The van der Waals surface area contributed by atoms with Crippen LogP contribution in [0.4, 0.5) is 5.69 Å². The van der Waals surface area contributed by atoms with Crippen molar-refractivity contribution in [2.75, 3.05) is 11.9 Å². The highest BCUT2D eigenvalue weighted by Gasteiger charge is 2.21. The Kier molecular flexibility index (Phi) is 3.56. The monoisotopic (exact) mass is 265 g/mol. The lowest BCUT2D eigenvalue weighted by molar-refractivity contribution is 0.537. The molecule has 102 valence electrons. The Bertz CT molecular complexity index is 657. The number of pyridine rings is 1. The van der Waals surface area contributed by atoms with Gasteiger partial charge in [0.1, 0.15) is 6.07 Å². The van der Waals surface area contributed by atoms with Crippen molar-refractivity contribution in [2.45, 2.75) is 26.2 Å². The summed E-state index contributed by atoms with van der Waals surface area (Å²) in [5.41, 5.74) is 2.51. The van der Waals surface area contributed by atoms with Crippen molar-refractivity contribution < 1.29 is 0 Å². The van der Waals surface area contributed by atoms with Gasteiger partial charge in [0.15, 0.2) is 0 Å². The Labute approximate surface area is 119 Å². The van der Waals surface area contributed by atoms with Crippen molar-refractivity contribution in [3.63, 3.8) is 0 Å². The van der Waals surface area contributed by atoms with Crippen LogP contribution in [0.25, 0.3) is 10.9 Å². The molecule has 1 N–H and O–H groups in total. The molecule has 2 aromatic rings. The highest BCUT2D eigenvalue weighted by molar-refractivity contribution is 5.93. The summed E-state index contributed by atoms with van der Waals surface area (Å²) in [4.78, 5) is 4.34. The molecule has 1 heterocycles. The molecule has 3 rings (SSSR count). The second-order valence-electron chi connectivity index (χ2n) is 5.84. The van der Waals surface area contributed by atoms with Crippen LogP contribution in [0.1, 0.15) is 31.7 Å². The third kappa shape index (κ3) is 2.46. The van der Waals surface area contributed by atoms with Crippen LogP contribution in [0.15, 0.2) is 30.5 Å². The van der Waals surface area contributed by atoms with E-state index in [4.69, 9.17) is 0 Å². The van der Waals surface area contributed by atoms with Crippen molar-refractivity contribution in [1.82, 2.24) is 4.98 Å². The van der Waals surface area contributed by atoms with Crippen LogP contribution < -0.4 is 5.32 Å². The minimum Gasteiger partial charge on any atom is -0.383 e. The van der Waals surface area contributed by atoms with Crippen molar-refractivity contribution in [3.05, 3.63) is 36.0 Å². The van der Waals surface area contributed by atoms with Crippen molar-refractivity contribution in [3.8, 4) is 6.07 Å². The summed E-state index contributed by atoms with van der Waals surface area (Å²) in [5, 5.41) is 13.8. The number of nitriles is 1. The average Bonchev–Trinajstić information content (AvgIpc) is 2.90. The summed E-state index contributed by atoms with van der Waals surface area (Å²) in [7, 11) is 0. The standard InChI is InChI=1S/C17H19N3/c1-12-6-7-13(8-12)10-20-17-14(9-18)11-19-16-5-3-2-4-15(16)17/h2-5,11-13H,6-8,10H2,1H3,(H,19,20). The Morgan fingerprint density at radius 1 is 1.35 bits per heavy atom. The number of rotatable bonds is 3. The minimum atomic E-state index is 0.634. The van der Waals surface area contributed by atoms with Gasteiger partial charge in [-0.1, -0.05) is 31.5 Å². The summed E-state index contributed by atoms with van der Waals surface area (Å²) in [6, 6.07) is 10.2. The van der Waals surface area contributed by atoms with Crippen LogP contribution in [-0.4, -0.2) is 11.5 Å². The van der Waals surface area contributed by atoms with E-state index in [0.29, 0.717) is 5.56 Å². The number of hydrogen-bond acceptors (Lipinski definition) is 3. The maximum atomic E-state index is 9.28. The lowest BCUT2D eigenvalue weighted by Crippen LogP contribution is -2.12. The highest BCUT2D eigenvalue weighted by atomic mass is 14.9. The fourth-order valence-electron chi connectivity index (χ4n) is 3.17. The van der Waals surface area contributed by atoms with Crippen molar-refractivity contribution in [2.24, 2.45) is 11.8 Å². The molecular formula is C17H19N3. The maximum absolute atomic E-state index is 9.28. The Balaban J connectivity index is 1.87. The number of para-hydroxylation sites is 1. The summed E-state index contributed by atoms with van der Waals surface area (Å²) in [6.45, 7) is 3.27. The first-order chi connectivity index (χ1) is 9.78. The maximum Gasteiger partial charge on any atom is 0.103 e. The fourth-order valence-corrected chi connectivity index (χ4v) is 3.17. The van der Waals surface area contributed by atoms with Gasteiger partial charge in [-0.3, -0.25) is 4.98 Å². The van der Waals surface area contributed by atoms with E-state index in [1.54, 1.807) is 6.20 Å². The number of aromatic nitrogens is 1. The number of nitrogens with zero attached hydrogens (tertiary/aromatic N) is 2. The first kappa shape index (κ1) is 12.9. The van der Waals surface area contributed by atoms with E-state index in [-0.39, 0.29) is 0 Å². The molecular weight excluding hydrogens is 246 g/mol. The summed E-state index contributed by atoms with van der Waals surface area (Å²) < 4.78 is 0. The van der Waals surface area contributed by atoms with Crippen LogP contribution in [0, 0.1) is 23.2 Å². The van der Waals surface area contributed by atoms with E-state index < -0.39 is 0 Å². The van der Waals surface area contributed by atoms with Gasteiger partial charge < -0.3 is 5.32 Å². The number of fused-ring (bicyclic) bond motifs is 1. The molecule has 1 fully saturated rings. The lowest BCUT2D eigenvalue weighted by atomic mass is 10.1. The zero-order chi connectivity index (χ0) is 13.9. The van der Waals surface area contributed by atoms with Gasteiger partial charge in [-0.2, -0.15) is 5.26 Å². The first-order valence-corrected chi connectivity index (χ1v) is 7.29. The molecule has 0 spiro atoms. The number of anilines is 1. The normalized spacial score (nSPS) is 21.8. The molecule has 0 amide bonds. The summed E-state index contributed by atoms with van der Waals surface area (Å²) in [5.74, 6) is 1.56. The van der Waals surface area contributed by atoms with Crippen molar-refractivity contribution in [1.29, 1.82) is 5.26 Å². The first-order valence-electron chi connectivity index (χ1n) is 7.29. The van der Waals surface area contributed by atoms with E-state index in [1.807, 2.05) is 24.3 Å². The topological polar surface area (TPSA) is 48.7 Å². The molecule has 2 atom stereocenters. The van der Waals surface area contributed by atoms with Gasteiger partial charge in [0, 0.05) is 18.1 Å². The minimum absolute atomic E-state index is 0.634. The highest BCUT2D eigenvalue weighted by Crippen LogP contribution is 2.32. The smallest absolute Gasteiger partial charge is 0.103 e. The second kappa shape index (κ2) is 5.50. The van der Waals surface area contributed by atoms with Gasteiger partial charge in [-0.25, -0.2) is 0 Å². The predicted octanol–water partition coefficient (Wildman–Crippen LogP) is 3.95. The lowest BCUT2D eigenvalue weighted by Gasteiger charge is -2.15. The van der Waals surface area contributed by atoms with Crippen LogP contribution in [0.5, 0.6) is 0 Å². The second-order valence-corrected chi connectivity index (χ2v) is 5.84. The summed E-state index contributed by atoms with van der Waals surface area (Å²) >= 11 is 0. The molecule has 0 bridgehead atoms. The van der Waals surface area contributed by atoms with E-state index in [2.05, 4.69) is 23.3 Å². The Hall–Kier alpha value is -2.08. The quantitative estimate of drug-likeness (QED) is 0.914. The molecule has 1 aromatic carbocycles. The summed E-state index contributed by atoms with van der Waals surface area (Å²) in [6.07, 6.45) is 5.58. The fraction of sp³-hybridized carbons (Fsp3) is 0.412. The molecule has 20 heavy (non-hydrogen) atoms. The molecule has 0 saturated heterocycles. The number of nitrogens with one attached hydrogen (secondary N) is 1. The van der Waals surface area contributed by atoms with E-state index >= 15 is 0 Å². The van der Waals surface area contributed by atoms with Crippen LogP contribution in [0.2, 0.25) is 0 Å². The molecule has 1 aliphatic rings. The van der Waals surface area contributed by atoms with Crippen LogP contribution in [0.3, 0.4) is 0 Å². The third-order valence-corrected chi connectivity index (χ3v) is 4.27. The average molecular weight is 265 g/mol. The molecule has 3 heteroatoms. The van der Waals surface area contributed by atoms with Gasteiger partial charge in [0.2, 0.25) is 0 Å². The number of hydrogen-bond donors (Lipinski definition) is 1.